The third-order valence-electron chi connectivity index (χ3n) is 5.54. The van der Waals surface area contributed by atoms with Crippen LogP contribution in [0.3, 0.4) is 0 Å². The van der Waals surface area contributed by atoms with Crippen LogP contribution in [-0.2, 0) is 9.53 Å². The van der Waals surface area contributed by atoms with Crippen LogP contribution in [0, 0.1) is 16.7 Å². The molecular weight excluding hydrogens is 180 g/mol. The van der Waals surface area contributed by atoms with Crippen molar-refractivity contribution in [3.8, 4) is 0 Å². The second-order valence-corrected chi connectivity index (χ2v) is 5.61. The highest BCUT2D eigenvalue weighted by atomic mass is 16.5. The zero-order valence-corrected chi connectivity index (χ0v) is 8.67. The van der Waals surface area contributed by atoms with Crippen LogP contribution in [0.5, 0.6) is 0 Å². The van der Waals surface area contributed by atoms with Crippen LogP contribution in [0.1, 0.15) is 33.1 Å². The lowest BCUT2D eigenvalue weighted by molar-refractivity contribution is -0.174. The lowest BCUT2D eigenvalue weighted by Crippen LogP contribution is -2.49. The maximum atomic E-state index is 11.4. The molecule has 1 heterocycles. The van der Waals surface area contributed by atoms with E-state index in [0.717, 1.165) is 12.8 Å². The summed E-state index contributed by atoms with van der Waals surface area (Å²) >= 11 is 0. The van der Waals surface area contributed by atoms with Crippen molar-refractivity contribution in [1.29, 1.82) is 0 Å². The minimum atomic E-state index is -0.856. The first-order valence-corrected chi connectivity index (χ1v) is 5.34. The Morgan fingerprint density at radius 3 is 2.64 bits per heavy atom. The number of carboxylic acid groups (broad SMARTS) is 1. The van der Waals surface area contributed by atoms with Gasteiger partial charge in [0.1, 0.15) is 0 Å². The molecule has 2 aliphatic carbocycles. The van der Waals surface area contributed by atoms with Gasteiger partial charge >= 0.3 is 5.97 Å². The predicted octanol–water partition coefficient (Wildman–Crippen LogP) is 1.67. The van der Waals surface area contributed by atoms with Crippen LogP contribution in [0.4, 0.5) is 0 Å². The second kappa shape index (κ2) is 2.01. The summed E-state index contributed by atoms with van der Waals surface area (Å²) in [5.41, 5.74) is -0.868. The Kier molecular flexibility index (Phi) is 1.25. The zero-order valence-electron chi connectivity index (χ0n) is 8.67. The summed E-state index contributed by atoms with van der Waals surface area (Å²) in [6, 6.07) is 0. The summed E-state index contributed by atoms with van der Waals surface area (Å²) in [5.74, 6) is -0.178. The van der Waals surface area contributed by atoms with E-state index in [1.165, 1.54) is 6.42 Å². The van der Waals surface area contributed by atoms with Gasteiger partial charge in [0.2, 0.25) is 0 Å². The van der Waals surface area contributed by atoms with Crippen LogP contribution in [-0.4, -0.2) is 23.3 Å². The number of carboxylic acids is 1. The first kappa shape index (κ1) is 8.72. The molecule has 1 aliphatic heterocycles. The van der Waals surface area contributed by atoms with Gasteiger partial charge in [0.25, 0.3) is 0 Å². The molecule has 3 rings (SSSR count). The van der Waals surface area contributed by atoms with Gasteiger partial charge in [-0.05, 0) is 25.2 Å². The van der Waals surface area contributed by atoms with Gasteiger partial charge in [0, 0.05) is 10.8 Å². The van der Waals surface area contributed by atoms with Gasteiger partial charge in [0.05, 0.1) is 6.61 Å². The highest BCUT2D eigenvalue weighted by Crippen LogP contribution is 2.74. The summed E-state index contributed by atoms with van der Waals surface area (Å²) in [6.45, 7) is 4.96. The molecule has 78 valence electrons. The first-order chi connectivity index (χ1) is 6.46. The Labute approximate surface area is 83.4 Å². The number of ether oxygens (including phenoxy) is 1. The normalized spacial score (nSPS) is 59.4. The Bertz CT molecular complexity index is 326. The highest BCUT2D eigenvalue weighted by molar-refractivity contribution is 5.81. The van der Waals surface area contributed by atoms with E-state index in [0.29, 0.717) is 12.5 Å². The van der Waals surface area contributed by atoms with Gasteiger partial charge in [-0.2, -0.15) is 0 Å². The smallest absolute Gasteiger partial charge is 0.336 e. The van der Waals surface area contributed by atoms with Crippen molar-refractivity contribution in [2.24, 2.45) is 16.7 Å². The first-order valence-electron chi connectivity index (χ1n) is 5.34. The Balaban J connectivity index is 2.18. The quantitative estimate of drug-likeness (QED) is 0.693. The van der Waals surface area contributed by atoms with E-state index >= 15 is 0 Å². The summed E-state index contributed by atoms with van der Waals surface area (Å²) in [4.78, 5) is 11.4. The molecule has 3 aliphatic rings. The van der Waals surface area contributed by atoms with Gasteiger partial charge in [-0.1, -0.05) is 13.8 Å². The molecule has 0 amide bonds. The molecule has 3 nitrogen and oxygen atoms in total. The summed E-state index contributed by atoms with van der Waals surface area (Å²) < 4.78 is 5.64. The lowest BCUT2D eigenvalue weighted by Gasteiger charge is -2.37. The topological polar surface area (TPSA) is 46.5 Å². The maximum absolute atomic E-state index is 11.4. The van der Waals surface area contributed by atoms with Crippen molar-refractivity contribution in [3.63, 3.8) is 0 Å². The molecule has 3 fully saturated rings. The molecule has 0 unspecified atom stereocenters. The number of aliphatic carboxylic acids is 1. The van der Waals surface area contributed by atoms with E-state index in [1.807, 2.05) is 0 Å². The van der Waals surface area contributed by atoms with Crippen LogP contribution < -0.4 is 0 Å². The summed E-state index contributed by atoms with van der Waals surface area (Å²) in [6.07, 6.45) is 2.93. The van der Waals surface area contributed by atoms with E-state index < -0.39 is 11.6 Å². The summed E-state index contributed by atoms with van der Waals surface area (Å²) in [7, 11) is 0. The van der Waals surface area contributed by atoms with E-state index in [1.54, 1.807) is 0 Å². The summed E-state index contributed by atoms with van der Waals surface area (Å²) in [5, 5.41) is 9.37. The second-order valence-electron chi connectivity index (χ2n) is 5.61. The van der Waals surface area contributed by atoms with Crippen molar-refractivity contribution in [3.05, 3.63) is 0 Å². The van der Waals surface area contributed by atoms with Gasteiger partial charge in [0.15, 0.2) is 5.60 Å². The van der Waals surface area contributed by atoms with E-state index in [2.05, 4.69) is 13.8 Å². The predicted molar refractivity (Wildman–Crippen MR) is 49.9 cm³/mol. The monoisotopic (exact) mass is 196 g/mol. The average Bonchev–Trinajstić information content (AvgIpc) is 2.58. The average molecular weight is 196 g/mol. The minimum Gasteiger partial charge on any atom is -0.479 e. The van der Waals surface area contributed by atoms with E-state index in [9.17, 15) is 9.90 Å². The number of carbonyl (C=O) groups is 1. The van der Waals surface area contributed by atoms with E-state index in [-0.39, 0.29) is 10.8 Å². The van der Waals surface area contributed by atoms with Crippen molar-refractivity contribution in [2.45, 2.75) is 38.7 Å². The fourth-order valence-corrected chi connectivity index (χ4v) is 4.23. The van der Waals surface area contributed by atoms with E-state index in [4.69, 9.17) is 4.74 Å². The standard InChI is InChI=1S/C11H16O3/c1-9-6-14-11(8(12)13)5-7(9)3-4-10(9,11)2/h7H,3-6H2,1-2H3,(H,12,13)/t7-,9+,10+,11+/m1/s1. The van der Waals surface area contributed by atoms with Crippen molar-refractivity contribution >= 4 is 5.97 Å². The molecule has 0 spiro atoms. The molecule has 1 saturated heterocycles. The minimum absolute atomic E-state index is 0.116. The van der Waals surface area contributed by atoms with Crippen LogP contribution in [0.25, 0.3) is 0 Å². The molecule has 3 heteroatoms. The van der Waals surface area contributed by atoms with Crippen molar-refractivity contribution in [1.82, 2.24) is 0 Å². The molecular formula is C11H16O3. The van der Waals surface area contributed by atoms with Gasteiger partial charge in [-0.15, -0.1) is 0 Å². The van der Waals surface area contributed by atoms with Crippen molar-refractivity contribution < 1.29 is 14.6 Å². The molecule has 4 atom stereocenters. The fourth-order valence-electron chi connectivity index (χ4n) is 4.23. The SMILES string of the molecule is C[C@@]12CC[C@@H]3C[C@@]1(C(=O)O)OC[C@@]32C. The van der Waals surface area contributed by atoms with Gasteiger partial charge < -0.3 is 9.84 Å². The zero-order chi connectivity index (χ0) is 10.2. The van der Waals surface area contributed by atoms with Crippen molar-refractivity contribution in [2.75, 3.05) is 6.61 Å². The molecule has 0 radical (unpaired) electrons. The van der Waals surface area contributed by atoms with Gasteiger partial charge in [-0.25, -0.2) is 4.79 Å². The maximum Gasteiger partial charge on any atom is 0.336 e. The lowest BCUT2D eigenvalue weighted by atomic mass is 9.66. The number of hydrogen-bond acceptors (Lipinski definition) is 2. The Morgan fingerprint density at radius 2 is 2.21 bits per heavy atom. The molecule has 4 bridgehead atoms. The third kappa shape index (κ3) is 0.553. The molecule has 2 saturated carbocycles. The molecule has 14 heavy (non-hydrogen) atoms. The van der Waals surface area contributed by atoms with Crippen LogP contribution in [0.15, 0.2) is 0 Å². The molecule has 0 aromatic heterocycles. The Morgan fingerprint density at radius 1 is 1.50 bits per heavy atom. The number of rotatable bonds is 1. The number of hydrogen-bond donors (Lipinski definition) is 1. The third-order valence-corrected chi connectivity index (χ3v) is 5.54. The van der Waals surface area contributed by atoms with Gasteiger partial charge in [-0.3, -0.25) is 0 Å². The molecule has 1 N–H and O–H groups in total. The largest absolute Gasteiger partial charge is 0.479 e. The van der Waals surface area contributed by atoms with Crippen LogP contribution >= 0.6 is 0 Å². The highest BCUT2D eigenvalue weighted by Gasteiger charge is 2.78. The van der Waals surface area contributed by atoms with Crippen LogP contribution in [0.2, 0.25) is 0 Å². The Hall–Kier alpha value is -0.570. The molecule has 0 aromatic rings. The molecule has 0 aromatic carbocycles. The fraction of sp³-hybridized carbons (Fsp3) is 0.909.